The molecule has 2 aliphatic rings. The van der Waals surface area contributed by atoms with Crippen molar-refractivity contribution in [1.29, 1.82) is 0 Å². The standard InChI is InChI=1S/C30H26O7/c1-29(36)10-16-8-14-6-7-15(9-18(14)27(34)24(16)21(32)12-29)23-17-4-3-5-20(31)25(17)28(35)26-19(23)11-30(2,37)13-22(26)33/h3-9,31,34-37H,10-13H2,1-2H3. The molecule has 0 radical (unpaired) electrons. The van der Waals surface area contributed by atoms with Crippen molar-refractivity contribution in [3.63, 3.8) is 0 Å². The smallest absolute Gasteiger partial charge is 0.169 e. The van der Waals surface area contributed by atoms with Crippen molar-refractivity contribution in [3.05, 3.63) is 64.7 Å². The van der Waals surface area contributed by atoms with Crippen LogP contribution in [0.15, 0.2) is 42.5 Å². The number of fused-ring (bicyclic) bond motifs is 4. The van der Waals surface area contributed by atoms with Gasteiger partial charge in [0.25, 0.3) is 0 Å². The summed E-state index contributed by atoms with van der Waals surface area (Å²) in [6, 6.07) is 11.9. The predicted octanol–water partition coefficient (Wildman–Crippen LogP) is 4.54. The largest absolute Gasteiger partial charge is 0.507 e. The molecule has 2 atom stereocenters. The molecule has 188 valence electrons. The van der Waals surface area contributed by atoms with Gasteiger partial charge in [0.2, 0.25) is 0 Å². The first kappa shape index (κ1) is 23.5. The van der Waals surface area contributed by atoms with E-state index in [1.807, 2.05) is 0 Å². The van der Waals surface area contributed by atoms with E-state index < -0.39 is 17.0 Å². The minimum atomic E-state index is -1.32. The monoisotopic (exact) mass is 498 g/mol. The third kappa shape index (κ3) is 3.49. The van der Waals surface area contributed by atoms with Crippen LogP contribution in [0.2, 0.25) is 0 Å². The van der Waals surface area contributed by atoms with Gasteiger partial charge in [-0.25, -0.2) is 0 Å². The highest BCUT2D eigenvalue weighted by molar-refractivity contribution is 6.15. The first-order valence-corrected chi connectivity index (χ1v) is 12.2. The molecule has 0 aromatic heterocycles. The van der Waals surface area contributed by atoms with Crippen LogP contribution in [0.3, 0.4) is 0 Å². The van der Waals surface area contributed by atoms with Crippen molar-refractivity contribution in [3.8, 4) is 28.4 Å². The fourth-order valence-electron chi connectivity index (χ4n) is 6.18. The molecule has 4 aromatic carbocycles. The Morgan fingerprint density at radius 2 is 1.38 bits per heavy atom. The highest BCUT2D eigenvalue weighted by atomic mass is 16.3. The number of aliphatic hydroxyl groups is 2. The number of hydrogen-bond donors (Lipinski definition) is 5. The van der Waals surface area contributed by atoms with E-state index >= 15 is 0 Å². The average molecular weight is 499 g/mol. The van der Waals surface area contributed by atoms with Crippen LogP contribution in [0.4, 0.5) is 0 Å². The van der Waals surface area contributed by atoms with E-state index in [-0.39, 0.29) is 65.2 Å². The van der Waals surface area contributed by atoms with Crippen molar-refractivity contribution >= 4 is 33.1 Å². The van der Waals surface area contributed by atoms with Gasteiger partial charge < -0.3 is 25.5 Å². The maximum Gasteiger partial charge on any atom is 0.169 e. The lowest BCUT2D eigenvalue weighted by Crippen LogP contribution is -2.36. The summed E-state index contributed by atoms with van der Waals surface area (Å²) in [6.45, 7) is 3.17. The molecule has 4 aromatic rings. The number of phenolic OH excluding ortho intramolecular Hbond substituents is 3. The lowest BCUT2D eigenvalue weighted by atomic mass is 9.75. The Labute approximate surface area is 212 Å². The second-order valence-electron chi connectivity index (χ2n) is 11.0. The van der Waals surface area contributed by atoms with Crippen LogP contribution in [0, 0.1) is 0 Å². The van der Waals surface area contributed by atoms with Gasteiger partial charge in [0.1, 0.15) is 17.2 Å². The molecule has 0 bridgehead atoms. The first-order chi connectivity index (χ1) is 17.4. The molecule has 0 spiro atoms. The minimum Gasteiger partial charge on any atom is -0.507 e. The Morgan fingerprint density at radius 1 is 0.703 bits per heavy atom. The first-order valence-electron chi connectivity index (χ1n) is 12.2. The molecular weight excluding hydrogens is 472 g/mol. The summed E-state index contributed by atoms with van der Waals surface area (Å²) in [6.07, 6.45) is 0.0875. The third-order valence-corrected chi connectivity index (χ3v) is 7.64. The Kier molecular flexibility index (Phi) is 4.78. The maximum absolute atomic E-state index is 13.1. The van der Waals surface area contributed by atoms with E-state index in [1.54, 1.807) is 50.2 Å². The molecule has 5 N–H and O–H groups in total. The van der Waals surface area contributed by atoms with E-state index in [0.29, 0.717) is 38.4 Å². The highest BCUT2D eigenvalue weighted by Gasteiger charge is 2.38. The van der Waals surface area contributed by atoms with Gasteiger partial charge >= 0.3 is 0 Å². The van der Waals surface area contributed by atoms with Crippen molar-refractivity contribution in [1.82, 2.24) is 0 Å². The summed E-state index contributed by atoms with van der Waals surface area (Å²) in [5, 5.41) is 55.9. The number of Topliss-reactive ketones (excluding diaryl/α,β-unsaturated/α-hetero) is 2. The van der Waals surface area contributed by atoms with Gasteiger partial charge in [0.15, 0.2) is 11.6 Å². The number of carbonyl (C=O) groups is 2. The Morgan fingerprint density at radius 3 is 2.11 bits per heavy atom. The average Bonchev–Trinajstić information content (AvgIpc) is 2.77. The van der Waals surface area contributed by atoms with E-state index in [9.17, 15) is 35.1 Å². The molecule has 0 saturated heterocycles. The molecule has 0 heterocycles. The number of phenols is 3. The normalized spacial score (nSPS) is 23.4. The Balaban J connectivity index is 1.68. The number of carbonyl (C=O) groups excluding carboxylic acids is 2. The van der Waals surface area contributed by atoms with Crippen LogP contribution >= 0.6 is 0 Å². The molecule has 2 aliphatic carbocycles. The summed E-state index contributed by atoms with van der Waals surface area (Å²) >= 11 is 0. The molecule has 7 heteroatoms. The van der Waals surface area contributed by atoms with Crippen molar-refractivity contribution < 1.29 is 35.1 Å². The summed E-state index contributed by atoms with van der Waals surface area (Å²) in [4.78, 5) is 25.9. The Bertz CT molecular complexity index is 1690. The summed E-state index contributed by atoms with van der Waals surface area (Å²) < 4.78 is 0. The molecule has 0 fully saturated rings. The van der Waals surface area contributed by atoms with Gasteiger partial charge in [-0.15, -0.1) is 0 Å². The van der Waals surface area contributed by atoms with Crippen molar-refractivity contribution in [2.24, 2.45) is 0 Å². The van der Waals surface area contributed by atoms with Gasteiger partial charge in [-0.2, -0.15) is 0 Å². The van der Waals surface area contributed by atoms with Crippen LogP contribution in [-0.2, 0) is 12.8 Å². The molecule has 6 rings (SSSR count). The zero-order valence-corrected chi connectivity index (χ0v) is 20.4. The molecule has 0 saturated carbocycles. The number of hydrogen-bond acceptors (Lipinski definition) is 7. The fraction of sp³-hybridized carbons (Fsp3) is 0.267. The lowest BCUT2D eigenvalue weighted by Gasteiger charge is -2.32. The SMILES string of the molecule is CC1(O)CC(=O)c2c(cc3ccc(-c4c5c(c(O)c6c(O)cccc46)C(=O)CC(C)(O)C5)cc3c2O)C1. The topological polar surface area (TPSA) is 135 Å². The van der Waals surface area contributed by atoms with Crippen molar-refractivity contribution in [2.45, 2.75) is 50.7 Å². The van der Waals surface area contributed by atoms with Gasteiger partial charge in [-0.3, -0.25) is 9.59 Å². The molecule has 37 heavy (non-hydrogen) atoms. The second-order valence-corrected chi connectivity index (χ2v) is 11.0. The van der Waals surface area contributed by atoms with Gasteiger partial charge in [-0.05, 0) is 59.0 Å². The molecule has 7 nitrogen and oxygen atoms in total. The number of benzene rings is 4. The maximum atomic E-state index is 13.1. The fourth-order valence-corrected chi connectivity index (χ4v) is 6.18. The van der Waals surface area contributed by atoms with Crippen molar-refractivity contribution in [2.75, 3.05) is 0 Å². The number of ketones is 2. The number of aromatic hydroxyl groups is 3. The molecule has 0 amide bonds. The van der Waals surface area contributed by atoms with E-state index in [1.165, 1.54) is 6.07 Å². The highest BCUT2D eigenvalue weighted by Crippen LogP contribution is 2.49. The molecular formula is C30H26O7. The number of rotatable bonds is 1. The zero-order valence-electron chi connectivity index (χ0n) is 20.4. The van der Waals surface area contributed by atoms with Crippen LogP contribution in [-0.4, -0.2) is 48.3 Å². The van der Waals surface area contributed by atoms with Gasteiger partial charge in [0, 0.05) is 31.1 Å². The van der Waals surface area contributed by atoms with E-state index in [4.69, 9.17) is 0 Å². The van der Waals surface area contributed by atoms with E-state index in [2.05, 4.69) is 0 Å². The second kappa shape index (κ2) is 7.54. The predicted molar refractivity (Wildman–Crippen MR) is 138 cm³/mol. The summed E-state index contributed by atoms with van der Waals surface area (Å²) in [7, 11) is 0. The Hall–Kier alpha value is -3.94. The minimum absolute atomic E-state index is 0.0719. The molecule has 0 aliphatic heterocycles. The van der Waals surface area contributed by atoms with Crippen LogP contribution in [0.5, 0.6) is 17.2 Å². The van der Waals surface area contributed by atoms with Gasteiger partial charge in [0.05, 0.1) is 27.7 Å². The summed E-state index contributed by atoms with van der Waals surface area (Å²) in [5.74, 6) is -1.43. The lowest BCUT2D eigenvalue weighted by molar-refractivity contribution is 0.0396. The van der Waals surface area contributed by atoms with Crippen LogP contribution in [0.1, 0.15) is 58.5 Å². The van der Waals surface area contributed by atoms with Gasteiger partial charge in [-0.1, -0.05) is 30.3 Å². The quantitative estimate of drug-likeness (QED) is 0.260. The van der Waals surface area contributed by atoms with Crippen LogP contribution in [0.25, 0.3) is 32.7 Å². The molecule has 2 unspecified atom stereocenters. The van der Waals surface area contributed by atoms with Crippen LogP contribution < -0.4 is 0 Å². The zero-order chi connectivity index (χ0) is 26.4. The summed E-state index contributed by atoms with van der Waals surface area (Å²) in [5.41, 5.74) is -0.0432. The van der Waals surface area contributed by atoms with E-state index in [0.717, 1.165) is 0 Å². The third-order valence-electron chi connectivity index (χ3n) is 7.64.